The van der Waals surface area contributed by atoms with E-state index in [9.17, 15) is 4.79 Å². The first kappa shape index (κ1) is 12.7. The normalized spacial score (nSPS) is 10.6. The molecule has 0 unspecified atom stereocenters. The van der Waals surface area contributed by atoms with Gasteiger partial charge in [-0.25, -0.2) is 9.97 Å². The Bertz CT molecular complexity index is 374. The van der Waals surface area contributed by atoms with Gasteiger partial charge < -0.3 is 10.6 Å². The van der Waals surface area contributed by atoms with E-state index in [2.05, 4.69) is 9.97 Å². The number of amides is 1. The molecule has 0 saturated carbocycles. The predicted molar refractivity (Wildman–Crippen MR) is 63.5 cm³/mol. The van der Waals surface area contributed by atoms with Crippen LogP contribution in [0.5, 0.6) is 0 Å². The van der Waals surface area contributed by atoms with Gasteiger partial charge in [-0.1, -0.05) is 0 Å². The van der Waals surface area contributed by atoms with E-state index in [0.29, 0.717) is 5.82 Å². The van der Waals surface area contributed by atoms with E-state index in [-0.39, 0.29) is 17.9 Å². The summed E-state index contributed by atoms with van der Waals surface area (Å²) >= 11 is 5.77. The van der Waals surface area contributed by atoms with Gasteiger partial charge in [-0.15, -0.1) is 0 Å². The number of primary amides is 1. The molecule has 0 fully saturated rings. The van der Waals surface area contributed by atoms with Gasteiger partial charge in [-0.3, -0.25) is 4.79 Å². The molecule has 1 amide bonds. The lowest BCUT2D eigenvalue weighted by atomic mass is 10.3. The van der Waals surface area contributed by atoms with E-state index in [1.165, 1.54) is 0 Å². The van der Waals surface area contributed by atoms with Crippen molar-refractivity contribution in [3.63, 3.8) is 0 Å². The molecule has 0 aromatic carbocycles. The molecule has 0 bridgehead atoms. The van der Waals surface area contributed by atoms with Crippen LogP contribution in [-0.4, -0.2) is 28.5 Å². The van der Waals surface area contributed by atoms with Gasteiger partial charge in [0.2, 0.25) is 11.2 Å². The second-order valence-electron chi connectivity index (χ2n) is 3.82. The molecule has 2 N–H and O–H groups in total. The van der Waals surface area contributed by atoms with Gasteiger partial charge in [0, 0.05) is 17.8 Å². The first-order valence-corrected chi connectivity index (χ1v) is 5.34. The third kappa shape index (κ3) is 3.34. The highest BCUT2D eigenvalue weighted by Gasteiger charge is 2.15. The van der Waals surface area contributed by atoms with Crippen LogP contribution in [0.15, 0.2) is 6.07 Å². The van der Waals surface area contributed by atoms with Crippen LogP contribution in [0.2, 0.25) is 5.28 Å². The molecule has 6 heteroatoms. The number of carbonyl (C=O) groups is 1. The standard InChI is InChI=1S/C10H15ClN4O/c1-6(2)15(5-8(12)16)9-4-7(3)13-10(11)14-9/h4,6H,5H2,1-3H3,(H2,12,16). The van der Waals surface area contributed by atoms with Gasteiger partial charge in [0.15, 0.2) is 0 Å². The Morgan fingerprint density at radius 2 is 2.19 bits per heavy atom. The van der Waals surface area contributed by atoms with Gasteiger partial charge in [-0.05, 0) is 32.4 Å². The van der Waals surface area contributed by atoms with Gasteiger partial charge in [0.1, 0.15) is 5.82 Å². The molecule has 5 nitrogen and oxygen atoms in total. The number of hydrogen-bond donors (Lipinski definition) is 1. The van der Waals surface area contributed by atoms with Crippen LogP contribution < -0.4 is 10.6 Å². The monoisotopic (exact) mass is 242 g/mol. The summed E-state index contributed by atoms with van der Waals surface area (Å²) in [5, 5.41) is 0.171. The number of anilines is 1. The van der Waals surface area contributed by atoms with Crippen molar-refractivity contribution in [3.8, 4) is 0 Å². The molecule has 0 aliphatic rings. The molecule has 0 spiro atoms. The van der Waals surface area contributed by atoms with Crippen molar-refractivity contribution in [1.82, 2.24) is 9.97 Å². The number of carbonyl (C=O) groups excluding carboxylic acids is 1. The largest absolute Gasteiger partial charge is 0.368 e. The van der Waals surface area contributed by atoms with Crippen molar-refractivity contribution >= 4 is 23.3 Å². The zero-order valence-corrected chi connectivity index (χ0v) is 10.3. The quantitative estimate of drug-likeness (QED) is 0.804. The van der Waals surface area contributed by atoms with Crippen LogP contribution in [-0.2, 0) is 4.79 Å². The lowest BCUT2D eigenvalue weighted by Crippen LogP contribution is -2.39. The number of aromatic nitrogens is 2. The van der Waals surface area contributed by atoms with Gasteiger partial charge in [0.05, 0.1) is 6.54 Å². The molecule has 1 rings (SSSR count). The third-order valence-electron chi connectivity index (χ3n) is 2.06. The van der Waals surface area contributed by atoms with Crippen molar-refractivity contribution in [2.45, 2.75) is 26.8 Å². The Balaban J connectivity index is 3.05. The van der Waals surface area contributed by atoms with Crippen molar-refractivity contribution in [1.29, 1.82) is 0 Å². The van der Waals surface area contributed by atoms with Gasteiger partial charge in [0.25, 0.3) is 0 Å². The van der Waals surface area contributed by atoms with Gasteiger partial charge in [-0.2, -0.15) is 0 Å². The first-order chi connectivity index (χ1) is 7.40. The maximum atomic E-state index is 11.0. The van der Waals surface area contributed by atoms with Gasteiger partial charge >= 0.3 is 0 Å². The van der Waals surface area contributed by atoms with E-state index in [1.807, 2.05) is 20.8 Å². The molecule has 88 valence electrons. The number of nitrogens with zero attached hydrogens (tertiary/aromatic N) is 3. The summed E-state index contributed by atoms with van der Waals surface area (Å²) in [7, 11) is 0. The topological polar surface area (TPSA) is 72.1 Å². The fourth-order valence-electron chi connectivity index (χ4n) is 1.36. The van der Waals surface area contributed by atoms with Crippen molar-refractivity contribution in [2.75, 3.05) is 11.4 Å². The maximum Gasteiger partial charge on any atom is 0.237 e. The lowest BCUT2D eigenvalue weighted by molar-refractivity contribution is -0.116. The number of hydrogen-bond acceptors (Lipinski definition) is 4. The Hall–Kier alpha value is -1.36. The summed E-state index contributed by atoms with van der Waals surface area (Å²) in [6.07, 6.45) is 0. The van der Waals surface area contributed by atoms with E-state index in [1.54, 1.807) is 11.0 Å². The number of halogens is 1. The van der Waals surface area contributed by atoms with E-state index < -0.39 is 5.91 Å². The minimum absolute atomic E-state index is 0.109. The van der Waals surface area contributed by atoms with Crippen molar-refractivity contribution < 1.29 is 4.79 Å². The van der Waals surface area contributed by atoms with Crippen LogP contribution in [0, 0.1) is 6.92 Å². The molecule has 0 atom stereocenters. The average molecular weight is 243 g/mol. The summed E-state index contributed by atoms with van der Waals surface area (Å²) < 4.78 is 0. The zero-order chi connectivity index (χ0) is 12.3. The highest BCUT2D eigenvalue weighted by atomic mass is 35.5. The third-order valence-corrected chi connectivity index (χ3v) is 2.23. The van der Waals surface area contributed by atoms with E-state index >= 15 is 0 Å². The molecule has 0 aliphatic heterocycles. The summed E-state index contributed by atoms with van der Waals surface area (Å²) in [5.74, 6) is 0.215. The molecule has 1 aromatic heterocycles. The fraction of sp³-hybridized carbons (Fsp3) is 0.500. The van der Waals surface area contributed by atoms with Crippen molar-refractivity contribution in [2.24, 2.45) is 5.73 Å². The molecule has 16 heavy (non-hydrogen) atoms. The number of aryl methyl sites for hydroxylation is 1. The zero-order valence-electron chi connectivity index (χ0n) is 9.57. The second-order valence-corrected chi connectivity index (χ2v) is 4.16. The smallest absolute Gasteiger partial charge is 0.237 e. The maximum absolute atomic E-state index is 11.0. The van der Waals surface area contributed by atoms with Crippen LogP contribution in [0.3, 0.4) is 0 Å². The van der Waals surface area contributed by atoms with Crippen molar-refractivity contribution in [3.05, 3.63) is 17.0 Å². The Morgan fingerprint density at radius 3 is 2.62 bits per heavy atom. The molecule has 0 aliphatic carbocycles. The molecular weight excluding hydrogens is 228 g/mol. The van der Waals surface area contributed by atoms with Crippen LogP contribution in [0.25, 0.3) is 0 Å². The van der Waals surface area contributed by atoms with E-state index in [0.717, 1.165) is 5.69 Å². The predicted octanol–water partition coefficient (Wildman–Crippen LogP) is 1.14. The average Bonchev–Trinajstić information content (AvgIpc) is 2.11. The number of nitrogens with two attached hydrogens (primary N) is 1. The summed E-state index contributed by atoms with van der Waals surface area (Å²) in [5.41, 5.74) is 5.94. The summed E-state index contributed by atoms with van der Waals surface area (Å²) in [6, 6.07) is 1.88. The fourth-order valence-corrected chi connectivity index (χ4v) is 1.58. The molecule has 1 heterocycles. The Labute approximate surface area is 99.6 Å². The van der Waals surface area contributed by atoms with Crippen LogP contribution in [0.4, 0.5) is 5.82 Å². The molecule has 0 saturated heterocycles. The minimum Gasteiger partial charge on any atom is -0.368 e. The highest BCUT2D eigenvalue weighted by Crippen LogP contribution is 2.16. The Kier molecular flexibility index (Phi) is 4.06. The molecule has 0 radical (unpaired) electrons. The van der Waals surface area contributed by atoms with Crippen LogP contribution in [0.1, 0.15) is 19.5 Å². The lowest BCUT2D eigenvalue weighted by Gasteiger charge is -2.26. The SMILES string of the molecule is Cc1cc(N(CC(N)=O)C(C)C)nc(Cl)n1. The second kappa shape index (κ2) is 5.12. The number of rotatable bonds is 4. The summed E-state index contributed by atoms with van der Waals surface area (Å²) in [4.78, 5) is 20.8. The summed E-state index contributed by atoms with van der Waals surface area (Å²) in [6.45, 7) is 5.84. The van der Waals surface area contributed by atoms with Crippen LogP contribution >= 0.6 is 11.6 Å². The molecular formula is C10H15ClN4O. The first-order valence-electron chi connectivity index (χ1n) is 4.96. The van der Waals surface area contributed by atoms with E-state index in [4.69, 9.17) is 17.3 Å². The molecule has 1 aromatic rings. The minimum atomic E-state index is -0.402. The highest BCUT2D eigenvalue weighted by molar-refractivity contribution is 6.28. The Morgan fingerprint density at radius 1 is 1.56 bits per heavy atom.